The molecule has 1 aromatic heterocycles. The van der Waals surface area contributed by atoms with Crippen molar-refractivity contribution >= 4 is 82.8 Å². The van der Waals surface area contributed by atoms with E-state index in [-0.39, 0.29) is 25.2 Å². The highest BCUT2D eigenvalue weighted by molar-refractivity contribution is 6.38. The Morgan fingerprint density at radius 3 is 1.42 bits per heavy atom. The first-order valence-electron chi connectivity index (χ1n) is 14.5. The number of carboxylic acid groups (broad SMARTS) is 2. The van der Waals surface area contributed by atoms with E-state index >= 15 is 0 Å². The Balaban J connectivity index is 3.72. The zero-order valence-electron chi connectivity index (χ0n) is 27.7. The lowest BCUT2D eigenvalue weighted by Gasteiger charge is -2.32. The molecule has 1 rings (SSSR count). The summed E-state index contributed by atoms with van der Waals surface area (Å²) in [6.45, 7) is 17.8. The molecule has 1 heterocycles. The van der Waals surface area contributed by atoms with Crippen LogP contribution in [0.25, 0.3) is 0 Å². The molecule has 254 valence electrons. The molecule has 0 saturated heterocycles. The SMILES string of the molecule is CCC(C)(CC(C)C(=O)N(Cl)c1nc(N(Cl)C(=O)C(C)(C)CC(C)C)nc(N(Cl)C(=O)C(C)(C)CC(C)(C)C(=O)O)n1)C(=O)O. The first-order valence-corrected chi connectivity index (χ1v) is 15.5. The van der Waals surface area contributed by atoms with Crippen molar-refractivity contribution in [2.45, 2.75) is 102 Å². The van der Waals surface area contributed by atoms with E-state index in [0.29, 0.717) is 19.7 Å². The molecular weight excluding hydrogens is 651 g/mol. The summed E-state index contributed by atoms with van der Waals surface area (Å²) in [4.78, 5) is 76.3. The lowest BCUT2D eigenvalue weighted by Crippen LogP contribution is -2.42. The summed E-state index contributed by atoms with van der Waals surface area (Å²) in [7, 11) is 0. The van der Waals surface area contributed by atoms with Gasteiger partial charge < -0.3 is 10.2 Å². The number of amides is 3. The number of carboxylic acids is 2. The van der Waals surface area contributed by atoms with Crippen LogP contribution < -0.4 is 13.3 Å². The summed E-state index contributed by atoms with van der Waals surface area (Å²) in [6.07, 6.45) is 0.506. The van der Waals surface area contributed by atoms with Crippen LogP contribution in [0.3, 0.4) is 0 Å². The fourth-order valence-corrected chi connectivity index (χ4v) is 5.97. The average molecular weight is 696 g/mol. The number of rotatable bonds is 15. The molecule has 0 radical (unpaired) electrons. The summed E-state index contributed by atoms with van der Waals surface area (Å²) in [5.74, 6) is -6.74. The molecule has 3 amide bonds. The van der Waals surface area contributed by atoms with Gasteiger partial charge in [0.15, 0.2) is 0 Å². The molecule has 0 fully saturated rings. The average Bonchev–Trinajstić information content (AvgIpc) is 2.92. The first kappa shape index (κ1) is 40.3. The Hall–Kier alpha value is -2.77. The second kappa shape index (κ2) is 14.8. The minimum atomic E-state index is -1.35. The zero-order valence-corrected chi connectivity index (χ0v) is 30.0. The number of halogens is 3. The van der Waals surface area contributed by atoms with Crippen molar-refractivity contribution in [3.8, 4) is 0 Å². The Kier molecular flexibility index (Phi) is 13.2. The topological polar surface area (TPSA) is 174 Å². The maximum absolute atomic E-state index is 13.6. The van der Waals surface area contributed by atoms with Crippen LogP contribution in [0, 0.1) is 33.5 Å². The molecule has 0 bridgehead atoms. The molecule has 0 aliphatic heterocycles. The summed E-state index contributed by atoms with van der Waals surface area (Å²) in [5, 5.41) is 19.3. The van der Waals surface area contributed by atoms with Crippen molar-refractivity contribution in [1.82, 2.24) is 15.0 Å². The number of hydrogen-bond donors (Lipinski definition) is 2. The minimum absolute atomic E-state index is 0.0666. The minimum Gasteiger partial charge on any atom is -0.481 e. The monoisotopic (exact) mass is 694 g/mol. The first-order chi connectivity index (χ1) is 20.2. The normalized spacial score (nSPS) is 14.4. The van der Waals surface area contributed by atoms with Crippen LogP contribution in [0.5, 0.6) is 0 Å². The molecule has 0 aliphatic rings. The van der Waals surface area contributed by atoms with Gasteiger partial charge in [-0.1, -0.05) is 55.4 Å². The fourth-order valence-electron chi connectivity index (χ4n) is 5.12. The van der Waals surface area contributed by atoms with Crippen LogP contribution in [-0.4, -0.2) is 54.8 Å². The summed E-state index contributed by atoms with van der Waals surface area (Å²) in [5.41, 5.74) is -4.85. The standard InChI is InChI=1S/C29H45Cl3N6O7/c1-12-29(11,22(44)45)14-17(4)18(39)36(30)23-33-24(37(31)19(40)26(5,6)13-16(2)3)35-25(34-23)38(32)20(41)27(7,8)15-28(9,10)21(42)43/h16-17H,12-15H2,1-11H3,(H,42,43)(H,44,45). The highest BCUT2D eigenvalue weighted by atomic mass is 35.5. The predicted octanol–water partition coefficient (Wildman–Crippen LogP) is 6.46. The molecule has 1 aromatic rings. The van der Waals surface area contributed by atoms with Crippen LogP contribution in [0.4, 0.5) is 17.8 Å². The number of aromatic nitrogens is 3. The molecule has 2 N–H and O–H groups in total. The van der Waals surface area contributed by atoms with Gasteiger partial charge in [0.2, 0.25) is 17.7 Å². The summed E-state index contributed by atoms with van der Waals surface area (Å²) >= 11 is 19.3. The third-order valence-electron chi connectivity index (χ3n) is 7.69. The summed E-state index contributed by atoms with van der Waals surface area (Å²) in [6, 6.07) is 0. The lowest BCUT2D eigenvalue weighted by molar-refractivity contribution is -0.150. The van der Waals surface area contributed by atoms with Crippen molar-refractivity contribution in [3.63, 3.8) is 0 Å². The van der Waals surface area contributed by atoms with Gasteiger partial charge in [-0.25, -0.2) is 0 Å². The van der Waals surface area contributed by atoms with Crippen LogP contribution in [0.1, 0.15) is 102 Å². The number of carbonyl (C=O) groups is 5. The van der Waals surface area contributed by atoms with Gasteiger partial charge in [-0.2, -0.15) is 28.2 Å². The van der Waals surface area contributed by atoms with Gasteiger partial charge in [0.05, 0.1) is 10.8 Å². The fraction of sp³-hybridized carbons (Fsp3) is 0.724. The molecular formula is C29H45Cl3N6O7. The second-order valence-electron chi connectivity index (χ2n) is 14.1. The van der Waals surface area contributed by atoms with Crippen LogP contribution in [0.15, 0.2) is 0 Å². The highest BCUT2D eigenvalue weighted by Gasteiger charge is 2.43. The van der Waals surface area contributed by atoms with Crippen molar-refractivity contribution < 1.29 is 34.2 Å². The third kappa shape index (κ3) is 9.86. The predicted molar refractivity (Wildman–Crippen MR) is 173 cm³/mol. The van der Waals surface area contributed by atoms with E-state index in [0.717, 1.165) is 0 Å². The van der Waals surface area contributed by atoms with Gasteiger partial charge >= 0.3 is 11.9 Å². The molecule has 0 aromatic carbocycles. The van der Waals surface area contributed by atoms with Gasteiger partial charge in [-0.05, 0) is 52.4 Å². The van der Waals surface area contributed by atoms with Gasteiger partial charge in [0.1, 0.15) is 0 Å². The van der Waals surface area contributed by atoms with E-state index in [2.05, 4.69) is 15.0 Å². The van der Waals surface area contributed by atoms with E-state index < -0.39 is 75.1 Å². The Morgan fingerprint density at radius 1 is 0.667 bits per heavy atom. The smallest absolute Gasteiger partial charge is 0.309 e. The van der Waals surface area contributed by atoms with Crippen molar-refractivity contribution in [1.29, 1.82) is 0 Å². The Labute approximate surface area is 279 Å². The van der Waals surface area contributed by atoms with Gasteiger partial charge in [-0.3, -0.25) is 24.0 Å². The van der Waals surface area contributed by atoms with Crippen molar-refractivity contribution in [3.05, 3.63) is 0 Å². The van der Waals surface area contributed by atoms with Gasteiger partial charge in [0, 0.05) is 52.1 Å². The van der Waals surface area contributed by atoms with E-state index in [1.54, 1.807) is 20.8 Å². The molecule has 2 unspecified atom stereocenters. The van der Waals surface area contributed by atoms with E-state index in [4.69, 9.17) is 35.3 Å². The molecule has 0 spiro atoms. The lowest BCUT2D eigenvalue weighted by atomic mass is 9.74. The zero-order chi connectivity index (χ0) is 35.5. The third-order valence-corrected chi connectivity index (χ3v) is 8.62. The Bertz CT molecular complexity index is 1310. The molecule has 16 heteroatoms. The van der Waals surface area contributed by atoms with Crippen LogP contribution >= 0.6 is 35.3 Å². The van der Waals surface area contributed by atoms with Gasteiger partial charge in [0.25, 0.3) is 17.8 Å². The maximum Gasteiger partial charge on any atom is 0.309 e. The molecule has 45 heavy (non-hydrogen) atoms. The summed E-state index contributed by atoms with van der Waals surface area (Å²) < 4.78 is 1.68. The van der Waals surface area contributed by atoms with Crippen LogP contribution in [-0.2, 0) is 24.0 Å². The van der Waals surface area contributed by atoms with E-state index in [1.807, 2.05) is 13.8 Å². The number of hydrogen-bond acceptors (Lipinski definition) is 8. The highest BCUT2D eigenvalue weighted by Crippen LogP contribution is 2.38. The number of nitrogens with zero attached hydrogens (tertiary/aromatic N) is 6. The second-order valence-corrected chi connectivity index (χ2v) is 15.1. The molecule has 13 nitrogen and oxygen atoms in total. The largest absolute Gasteiger partial charge is 0.481 e. The quantitative estimate of drug-likeness (QED) is 0.194. The maximum atomic E-state index is 13.6. The van der Waals surface area contributed by atoms with Crippen LogP contribution in [0.2, 0.25) is 0 Å². The molecule has 0 saturated carbocycles. The number of carbonyl (C=O) groups excluding carboxylic acids is 3. The Morgan fingerprint density at radius 2 is 1.07 bits per heavy atom. The van der Waals surface area contributed by atoms with Crippen molar-refractivity contribution in [2.24, 2.45) is 33.5 Å². The number of anilines is 3. The van der Waals surface area contributed by atoms with Gasteiger partial charge in [-0.15, -0.1) is 0 Å². The molecule has 0 aliphatic carbocycles. The van der Waals surface area contributed by atoms with E-state index in [9.17, 15) is 34.2 Å². The van der Waals surface area contributed by atoms with Crippen molar-refractivity contribution in [2.75, 3.05) is 13.3 Å². The number of aliphatic carboxylic acids is 2. The molecule has 2 atom stereocenters. The van der Waals surface area contributed by atoms with E-state index in [1.165, 1.54) is 41.5 Å².